The van der Waals surface area contributed by atoms with Crippen molar-refractivity contribution in [2.24, 2.45) is 0 Å². The van der Waals surface area contributed by atoms with Gasteiger partial charge in [-0.1, -0.05) is 0 Å². The molecule has 0 unspecified atom stereocenters. The van der Waals surface area contributed by atoms with Gasteiger partial charge in [0.15, 0.2) is 0 Å². The van der Waals surface area contributed by atoms with Crippen LogP contribution in [0.1, 0.15) is 21.7 Å². The maximum absolute atomic E-state index is 11.4. The summed E-state index contributed by atoms with van der Waals surface area (Å²) >= 11 is 1.60. The molecule has 92 valence electrons. The van der Waals surface area contributed by atoms with Crippen molar-refractivity contribution in [3.8, 4) is 0 Å². The second kappa shape index (κ2) is 5.77. The van der Waals surface area contributed by atoms with Crippen LogP contribution in [-0.2, 0) is 16.6 Å². The number of rotatable bonds is 6. The fraction of sp³-hybridized carbons (Fsp3) is 0.600. The molecule has 1 heterocycles. The van der Waals surface area contributed by atoms with Crippen molar-refractivity contribution in [2.45, 2.75) is 26.8 Å². The summed E-state index contributed by atoms with van der Waals surface area (Å²) in [6, 6.07) is 1.99. The first-order valence-corrected chi connectivity index (χ1v) is 7.55. The van der Waals surface area contributed by atoms with Crippen LogP contribution in [0.15, 0.2) is 6.07 Å². The van der Waals surface area contributed by atoms with Crippen LogP contribution >= 0.6 is 11.3 Å². The average Bonchev–Trinajstić information content (AvgIpc) is 2.53. The first-order chi connectivity index (χ1) is 7.44. The molecule has 1 aromatic rings. The summed E-state index contributed by atoms with van der Waals surface area (Å²) < 4.78 is 25.4. The number of nitrogens with one attached hydrogen (secondary N) is 1. The minimum Gasteiger partial charge on any atom is -0.396 e. The monoisotopic (exact) mass is 263 g/mol. The SMILES string of the molecule is Cc1cc(CNS(=O)(=O)CCCO)sc1C. The lowest BCUT2D eigenvalue weighted by Crippen LogP contribution is -2.26. The molecule has 0 atom stereocenters. The molecular formula is C10H17NO3S2. The molecule has 0 bridgehead atoms. The second-order valence-electron chi connectivity index (χ2n) is 3.67. The van der Waals surface area contributed by atoms with Crippen molar-refractivity contribution >= 4 is 21.4 Å². The summed E-state index contributed by atoms with van der Waals surface area (Å²) in [6.07, 6.45) is 0.276. The molecule has 1 aromatic heterocycles. The number of aliphatic hydroxyl groups is 1. The Labute approximate surface area is 100 Å². The third kappa shape index (κ3) is 4.21. The van der Waals surface area contributed by atoms with E-state index in [0.29, 0.717) is 6.54 Å². The highest BCUT2D eigenvalue weighted by Gasteiger charge is 2.10. The van der Waals surface area contributed by atoms with Gasteiger partial charge in [-0.3, -0.25) is 0 Å². The Kier molecular flexibility index (Phi) is 4.91. The van der Waals surface area contributed by atoms with Crippen LogP contribution in [0.2, 0.25) is 0 Å². The normalized spacial score (nSPS) is 11.9. The molecule has 0 saturated carbocycles. The van der Waals surface area contributed by atoms with Gasteiger partial charge >= 0.3 is 0 Å². The van der Waals surface area contributed by atoms with E-state index in [1.807, 2.05) is 19.9 Å². The van der Waals surface area contributed by atoms with Gasteiger partial charge in [0.2, 0.25) is 10.0 Å². The molecule has 0 aliphatic heterocycles. The summed E-state index contributed by atoms with van der Waals surface area (Å²) in [5.74, 6) is -0.0210. The fourth-order valence-corrected chi connectivity index (χ4v) is 3.36. The van der Waals surface area contributed by atoms with Crippen molar-refractivity contribution in [1.29, 1.82) is 0 Å². The number of sulfonamides is 1. The largest absolute Gasteiger partial charge is 0.396 e. The van der Waals surface area contributed by atoms with Crippen molar-refractivity contribution in [3.63, 3.8) is 0 Å². The highest BCUT2D eigenvalue weighted by Crippen LogP contribution is 2.20. The van der Waals surface area contributed by atoms with Crippen LogP contribution in [0.3, 0.4) is 0 Å². The molecule has 0 amide bonds. The summed E-state index contributed by atoms with van der Waals surface area (Å²) in [7, 11) is -3.25. The van der Waals surface area contributed by atoms with E-state index in [1.54, 1.807) is 11.3 Å². The van der Waals surface area contributed by atoms with Crippen LogP contribution in [0.5, 0.6) is 0 Å². The van der Waals surface area contributed by atoms with Gasteiger partial charge in [0.25, 0.3) is 0 Å². The number of hydrogen-bond acceptors (Lipinski definition) is 4. The van der Waals surface area contributed by atoms with Crippen LogP contribution < -0.4 is 4.72 Å². The van der Waals surface area contributed by atoms with Crippen LogP contribution in [-0.4, -0.2) is 25.9 Å². The lowest BCUT2D eigenvalue weighted by atomic mass is 10.3. The van der Waals surface area contributed by atoms with Gasteiger partial charge in [0, 0.05) is 22.9 Å². The molecule has 1 rings (SSSR count). The first-order valence-electron chi connectivity index (χ1n) is 5.09. The predicted octanol–water partition coefficient (Wildman–Crippen LogP) is 1.17. The zero-order chi connectivity index (χ0) is 12.2. The van der Waals surface area contributed by atoms with Crippen LogP contribution in [0, 0.1) is 13.8 Å². The number of aliphatic hydroxyl groups excluding tert-OH is 1. The molecule has 2 N–H and O–H groups in total. The molecule has 0 aromatic carbocycles. The Morgan fingerprint density at radius 3 is 2.62 bits per heavy atom. The Morgan fingerprint density at radius 2 is 2.12 bits per heavy atom. The smallest absolute Gasteiger partial charge is 0.212 e. The molecule has 4 nitrogen and oxygen atoms in total. The van der Waals surface area contributed by atoms with E-state index >= 15 is 0 Å². The number of aryl methyl sites for hydroxylation is 2. The molecule has 0 aliphatic rings. The highest BCUT2D eigenvalue weighted by molar-refractivity contribution is 7.89. The van der Waals surface area contributed by atoms with Gasteiger partial charge < -0.3 is 5.11 Å². The van der Waals surface area contributed by atoms with E-state index < -0.39 is 10.0 Å². The maximum atomic E-state index is 11.4. The Bertz CT molecular complexity index is 417. The van der Waals surface area contributed by atoms with E-state index in [9.17, 15) is 8.42 Å². The fourth-order valence-electron chi connectivity index (χ4n) is 1.24. The van der Waals surface area contributed by atoms with Crippen molar-refractivity contribution < 1.29 is 13.5 Å². The number of hydrogen-bond donors (Lipinski definition) is 2. The topological polar surface area (TPSA) is 66.4 Å². The quantitative estimate of drug-likeness (QED) is 0.809. The minimum absolute atomic E-state index is 0.0210. The van der Waals surface area contributed by atoms with Crippen molar-refractivity contribution in [1.82, 2.24) is 4.72 Å². The summed E-state index contributed by atoms with van der Waals surface area (Å²) in [4.78, 5) is 2.23. The van der Waals surface area contributed by atoms with Gasteiger partial charge in [0.05, 0.1) is 5.75 Å². The van der Waals surface area contributed by atoms with Crippen molar-refractivity contribution in [3.05, 3.63) is 21.4 Å². The third-order valence-corrected chi connectivity index (χ3v) is 4.82. The first kappa shape index (κ1) is 13.6. The zero-order valence-corrected chi connectivity index (χ0v) is 11.1. The lowest BCUT2D eigenvalue weighted by Gasteiger charge is -2.03. The third-order valence-electron chi connectivity index (χ3n) is 2.25. The standard InChI is InChI=1S/C10H17NO3S2/c1-8-6-10(15-9(8)2)7-11-16(13,14)5-3-4-12/h6,11-12H,3-5,7H2,1-2H3. The minimum atomic E-state index is -3.25. The molecule has 0 spiro atoms. The highest BCUT2D eigenvalue weighted by atomic mass is 32.2. The predicted molar refractivity (Wildman–Crippen MR) is 66.1 cm³/mol. The zero-order valence-electron chi connectivity index (χ0n) is 9.49. The molecule has 0 saturated heterocycles. The molecule has 0 aliphatic carbocycles. The lowest BCUT2D eigenvalue weighted by molar-refractivity contribution is 0.295. The molecule has 16 heavy (non-hydrogen) atoms. The van der Waals surface area contributed by atoms with E-state index in [2.05, 4.69) is 4.72 Å². The summed E-state index contributed by atoms with van der Waals surface area (Å²) in [5.41, 5.74) is 1.19. The molecule has 0 radical (unpaired) electrons. The van der Waals surface area contributed by atoms with E-state index in [1.165, 1.54) is 10.4 Å². The number of thiophene rings is 1. The van der Waals surface area contributed by atoms with E-state index in [0.717, 1.165) is 4.88 Å². The van der Waals surface area contributed by atoms with Crippen LogP contribution in [0.4, 0.5) is 0 Å². The maximum Gasteiger partial charge on any atom is 0.212 e. The van der Waals surface area contributed by atoms with Gasteiger partial charge in [0.1, 0.15) is 0 Å². The summed E-state index contributed by atoms with van der Waals surface area (Å²) in [6.45, 7) is 4.27. The average molecular weight is 263 g/mol. The van der Waals surface area contributed by atoms with Crippen LogP contribution in [0.25, 0.3) is 0 Å². The van der Waals surface area contributed by atoms with Gasteiger partial charge in [-0.15, -0.1) is 11.3 Å². The Morgan fingerprint density at radius 1 is 1.44 bits per heavy atom. The molecule has 6 heteroatoms. The van der Waals surface area contributed by atoms with Crippen molar-refractivity contribution in [2.75, 3.05) is 12.4 Å². The van der Waals surface area contributed by atoms with Gasteiger partial charge in [-0.2, -0.15) is 0 Å². The second-order valence-corrected chi connectivity index (χ2v) is 6.94. The molecule has 0 fully saturated rings. The molecular weight excluding hydrogens is 246 g/mol. The summed E-state index contributed by atoms with van der Waals surface area (Å²) in [5, 5.41) is 8.56. The Balaban J connectivity index is 2.51. The Hall–Kier alpha value is -0.430. The van der Waals surface area contributed by atoms with E-state index in [4.69, 9.17) is 5.11 Å². The van der Waals surface area contributed by atoms with Gasteiger partial charge in [-0.05, 0) is 31.9 Å². The van der Waals surface area contributed by atoms with Gasteiger partial charge in [-0.25, -0.2) is 13.1 Å². The van der Waals surface area contributed by atoms with E-state index in [-0.39, 0.29) is 18.8 Å².